The summed E-state index contributed by atoms with van der Waals surface area (Å²) in [7, 11) is 0. The van der Waals surface area contributed by atoms with Gasteiger partial charge in [-0.25, -0.2) is 0 Å². The predicted molar refractivity (Wildman–Crippen MR) is 66.8 cm³/mol. The minimum Gasteiger partial charge on any atom is -0.378 e. The highest BCUT2D eigenvalue weighted by atomic mass is 16.5. The molecule has 2 aliphatic rings. The van der Waals surface area contributed by atoms with Gasteiger partial charge in [0, 0.05) is 31.8 Å². The molecule has 2 fully saturated rings. The lowest BCUT2D eigenvalue weighted by molar-refractivity contribution is -0.140. The molecule has 4 nitrogen and oxygen atoms in total. The lowest BCUT2D eigenvalue weighted by Gasteiger charge is -2.40. The van der Waals surface area contributed by atoms with Crippen LogP contribution in [0.25, 0.3) is 0 Å². The fourth-order valence-corrected chi connectivity index (χ4v) is 2.89. The van der Waals surface area contributed by atoms with Crippen LogP contribution in [0.4, 0.5) is 0 Å². The number of ether oxygens (including phenoxy) is 1. The first kappa shape index (κ1) is 12.8. The Morgan fingerprint density at radius 1 is 1.29 bits per heavy atom. The van der Waals surface area contributed by atoms with Crippen LogP contribution in [-0.2, 0) is 9.53 Å². The summed E-state index contributed by atoms with van der Waals surface area (Å²) < 4.78 is 5.65. The van der Waals surface area contributed by atoms with E-state index in [0.717, 1.165) is 32.5 Å². The smallest absolute Gasteiger partial charge is 0.225 e. The van der Waals surface area contributed by atoms with Gasteiger partial charge in [0.2, 0.25) is 5.91 Å². The quantitative estimate of drug-likeness (QED) is 0.787. The van der Waals surface area contributed by atoms with Crippen LogP contribution in [0.5, 0.6) is 0 Å². The minimum atomic E-state index is 0.158. The molecule has 0 spiro atoms. The molecule has 17 heavy (non-hydrogen) atoms. The van der Waals surface area contributed by atoms with Crippen LogP contribution in [0.3, 0.4) is 0 Å². The van der Waals surface area contributed by atoms with Gasteiger partial charge in [0.05, 0.1) is 12.5 Å². The summed E-state index contributed by atoms with van der Waals surface area (Å²) in [5, 5.41) is 3.35. The predicted octanol–water partition coefficient (Wildman–Crippen LogP) is 1.15. The van der Waals surface area contributed by atoms with E-state index >= 15 is 0 Å². The van der Waals surface area contributed by atoms with Gasteiger partial charge < -0.3 is 15.0 Å². The normalized spacial score (nSPS) is 34.7. The fraction of sp³-hybridized carbons (Fsp3) is 0.923. The maximum Gasteiger partial charge on any atom is 0.225 e. The Labute approximate surface area is 104 Å². The molecule has 2 rings (SSSR count). The van der Waals surface area contributed by atoms with Crippen molar-refractivity contribution < 1.29 is 9.53 Å². The zero-order valence-corrected chi connectivity index (χ0v) is 10.9. The summed E-state index contributed by atoms with van der Waals surface area (Å²) in [5.41, 5.74) is 0. The van der Waals surface area contributed by atoms with E-state index in [1.165, 1.54) is 6.42 Å². The van der Waals surface area contributed by atoms with E-state index < -0.39 is 0 Å². The van der Waals surface area contributed by atoms with Crippen LogP contribution < -0.4 is 5.32 Å². The molecule has 1 N–H and O–H groups in total. The van der Waals surface area contributed by atoms with E-state index in [2.05, 4.69) is 19.2 Å². The van der Waals surface area contributed by atoms with E-state index in [9.17, 15) is 4.79 Å². The highest BCUT2D eigenvalue weighted by molar-refractivity contribution is 5.77. The Balaban J connectivity index is 1.88. The van der Waals surface area contributed by atoms with Crippen molar-refractivity contribution in [2.75, 3.05) is 19.7 Å². The zero-order valence-electron chi connectivity index (χ0n) is 10.9. The van der Waals surface area contributed by atoms with Crippen LogP contribution in [0, 0.1) is 0 Å². The Hall–Kier alpha value is -0.610. The molecule has 2 aliphatic heterocycles. The molecule has 3 unspecified atom stereocenters. The van der Waals surface area contributed by atoms with Crippen molar-refractivity contribution in [1.82, 2.24) is 10.2 Å². The number of amides is 1. The average molecular weight is 240 g/mol. The first-order valence-electron chi connectivity index (χ1n) is 6.82. The Bertz CT molecular complexity index is 254. The molecule has 3 atom stereocenters. The number of carbonyl (C=O) groups excluding carboxylic acids is 1. The highest BCUT2D eigenvalue weighted by Crippen LogP contribution is 2.19. The van der Waals surface area contributed by atoms with E-state index in [0.29, 0.717) is 18.5 Å². The first-order valence-corrected chi connectivity index (χ1v) is 6.82. The number of rotatable bonds is 2. The molecule has 1 amide bonds. The topological polar surface area (TPSA) is 41.6 Å². The van der Waals surface area contributed by atoms with Gasteiger partial charge in [-0.2, -0.15) is 0 Å². The van der Waals surface area contributed by atoms with Crippen molar-refractivity contribution in [2.24, 2.45) is 0 Å². The summed E-state index contributed by atoms with van der Waals surface area (Å²) >= 11 is 0. The lowest BCUT2D eigenvalue weighted by atomic mass is 10.0. The molecule has 2 saturated heterocycles. The van der Waals surface area contributed by atoms with Gasteiger partial charge in [-0.15, -0.1) is 0 Å². The minimum absolute atomic E-state index is 0.158. The third-order valence-electron chi connectivity index (χ3n) is 3.79. The average Bonchev–Trinajstić information content (AvgIpc) is 2.30. The molecular formula is C13H24N2O2. The number of carbonyl (C=O) groups is 1. The second-order valence-corrected chi connectivity index (χ2v) is 5.35. The molecule has 4 heteroatoms. The van der Waals surface area contributed by atoms with Crippen molar-refractivity contribution in [2.45, 2.75) is 57.7 Å². The van der Waals surface area contributed by atoms with Crippen molar-refractivity contribution >= 4 is 5.91 Å². The second kappa shape index (κ2) is 5.83. The summed E-state index contributed by atoms with van der Waals surface area (Å²) in [6.07, 6.45) is 4.11. The van der Waals surface area contributed by atoms with Crippen molar-refractivity contribution in [3.63, 3.8) is 0 Å². The Morgan fingerprint density at radius 2 is 2.00 bits per heavy atom. The van der Waals surface area contributed by atoms with Crippen LogP contribution >= 0.6 is 0 Å². The number of piperazine rings is 1. The monoisotopic (exact) mass is 240 g/mol. The molecule has 0 aromatic carbocycles. The standard InChI is InChI=1S/C13H24N2O2/c1-10-8-14-9-11(2)15(10)13(16)7-12-5-3-4-6-17-12/h10-12,14H,3-9H2,1-2H3. The van der Waals surface area contributed by atoms with E-state index in [4.69, 9.17) is 4.74 Å². The van der Waals surface area contributed by atoms with Gasteiger partial charge in [-0.3, -0.25) is 4.79 Å². The molecule has 0 bridgehead atoms. The molecule has 98 valence electrons. The molecular weight excluding hydrogens is 216 g/mol. The van der Waals surface area contributed by atoms with E-state index in [-0.39, 0.29) is 12.0 Å². The molecule has 0 aromatic rings. The maximum absolute atomic E-state index is 12.3. The van der Waals surface area contributed by atoms with E-state index in [1.807, 2.05) is 4.90 Å². The number of hydrogen-bond acceptors (Lipinski definition) is 3. The Morgan fingerprint density at radius 3 is 2.59 bits per heavy atom. The van der Waals surface area contributed by atoms with Gasteiger partial charge >= 0.3 is 0 Å². The van der Waals surface area contributed by atoms with E-state index in [1.54, 1.807) is 0 Å². The van der Waals surface area contributed by atoms with Crippen molar-refractivity contribution in [3.8, 4) is 0 Å². The summed E-state index contributed by atoms with van der Waals surface area (Å²) in [6.45, 7) is 6.86. The SMILES string of the molecule is CC1CNCC(C)N1C(=O)CC1CCCCO1. The zero-order chi connectivity index (χ0) is 12.3. The van der Waals surface area contributed by atoms with Gasteiger partial charge in [0.15, 0.2) is 0 Å². The number of nitrogens with zero attached hydrogens (tertiary/aromatic N) is 1. The summed E-state index contributed by atoms with van der Waals surface area (Å²) in [4.78, 5) is 14.3. The first-order chi connectivity index (χ1) is 8.18. The molecule has 0 saturated carbocycles. The molecule has 0 radical (unpaired) electrons. The third kappa shape index (κ3) is 3.19. The van der Waals surface area contributed by atoms with Crippen molar-refractivity contribution in [1.29, 1.82) is 0 Å². The summed E-state index contributed by atoms with van der Waals surface area (Å²) in [6, 6.07) is 0.602. The largest absolute Gasteiger partial charge is 0.378 e. The highest BCUT2D eigenvalue weighted by Gasteiger charge is 2.30. The van der Waals surface area contributed by atoms with Crippen molar-refractivity contribution in [3.05, 3.63) is 0 Å². The molecule has 2 heterocycles. The van der Waals surface area contributed by atoms with Crippen LogP contribution in [0.2, 0.25) is 0 Å². The number of hydrogen-bond donors (Lipinski definition) is 1. The van der Waals surface area contributed by atoms with Crippen LogP contribution in [0.1, 0.15) is 39.5 Å². The fourth-order valence-electron chi connectivity index (χ4n) is 2.89. The maximum atomic E-state index is 12.3. The van der Waals surface area contributed by atoms with Gasteiger partial charge in [0.25, 0.3) is 0 Å². The molecule has 0 aliphatic carbocycles. The third-order valence-corrected chi connectivity index (χ3v) is 3.79. The lowest BCUT2D eigenvalue weighted by Crippen LogP contribution is -2.57. The van der Waals surface area contributed by atoms with Crippen LogP contribution in [0.15, 0.2) is 0 Å². The summed E-state index contributed by atoms with van der Waals surface area (Å²) in [5.74, 6) is 0.262. The van der Waals surface area contributed by atoms with Gasteiger partial charge in [0.1, 0.15) is 0 Å². The van der Waals surface area contributed by atoms with Gasteiger partial charge in [-0.1, -0.05) is 0 Å². The number of nitrogens with one attached hydrogen (secondary N) is 1. The second-order valence-electron chi connectivity index (χ2n) is 5.35. The van der Waals surface area contributed by atoms with Gasteiger partial charge in [-0.05, 0) is 33.1 Å². The molecule has 0 aromatic heterocycles. The van der Waals surface area contributed by atoms with Crippen LogP contribution in [-0.4, -0.2) is 48.7 Å². The Kier molecular flexibility index (Phi) is 4.40.